The average Bonchev–Trinajstić information content (AvgIpc) is 3.31. The van der Waals surface area contributed by atoms with Crippen LogP contribution in [-0.2, 0) is 6.54 Å². The fraction of sp³-hybridized carbons (Fsp3) is 0.733. The summed E-state index contributed by atoms with van der Waals surface area (Å²) < 4.78 is 0. The molecule has 0 amide bonds. The van der Waals surface area contributed by atoms with E-state index in [4.69, 9.17) is 0 Å². The van der Waals surface area contributed by atoms with Crippen LogP contribution in [0, 0.1) is 5.92 Å². The van der Waals surface area contributed by atoms with Crippen molar-refractivity contribution in [2.24, 2.45) is 5.92 Å². The summed E-state index contributed by atoms with van der Waals surface area (Å²) >= 11 is 0. The van der Waals surface area contributed by atoms with Crippen LogP contribution in [0.2, 0.25) is 0 Å². The van der Waals surface area contributed by atoms with E-state index in [1.54, 1.807) is 0 Å². The molecule has 1 aliphatic carbocycles. The van der Waals surface area contributed by atoms with Gasteiger partial charge in [-0.25, -0.2) is 0 Å². The molecule has 2 aliphatic rings. The molecule has 110 valence electrons. The summed E-state index contributed by atoms with van der Waals surface area (Å²) in [6, 6.07) is 4.19. The van der Waals surface area contributed by atoms with Crippen molar-refractivity contribution in [3.05, 3.63) is 17.8 Å². The minimum absolute atomic E-state index is 0.805. The molecule has 0 atom stereocenters. The second kappa shape index (κ2) is 6.50. The van der Waals surface area contributed by atoms with Gasteiger partial charge in [0.25, 0.3) is 0 Å². The predicted octanol–water partition coefficient (Wildman–Crippen LogP) is 1.12. The SMILES string of the molecule is CCNCc1ccc(N2CCN(CC3CC3)CC2)nn1. The number of nitrogens with zero attached hydrogens (tertiary/aromatic N) is 4. The van der Waals surface area contributed by atoms with Gasteiger partial charge >= 0.3 is 0 Å². The van der Waals surface area contributed by atoms with E-state index in [2.05, 4.69) is 44.4 Å². The number of rotatable bonds is 6. The average molecular weight is 275 g/mol. The molecule has 5 heteroatoms. The number of hydrogen-bond acceptors (Lipinski definition) is 5. The lowest BCUT2D eigenvalue weighted by molar-refractivity contribution is 0.247. The smallest absolute Gasteiger partial charge is 0.151 e. The van der Waals surface area contributed by atoms with Crippen LogP contribution in [0.1, 0.15) is 25.5 Å². The van der Waals surface area contributed by atoms with E-state index in [9.17, 15) is 0 Å². The Labute approximate surface area is 121 Å². The number of piperazine rings is 1. The molecule has 0 bridgehead atoms. The van der Waals surface area contributed by atoms with E-state index in [1.165, 1.54) is 19.4 Å². The Morgan fingerprint density at radius 1 is 1.15 bits per heavy atom. The van der Waals surface area contributed by atoms with Gasteiger partial charge in [-0.1, -0.05) is 6.92 Å². The first-order chi connectivity index (χ1) is 9.85. The lowest BCUT2D eigenvalue weighted by Gasteiger charge is -2.35. The Kier molecular flexibility index (Phi) is 4.47. The number of hydrogen-bond donors (Lipinski definition) is 1. The monoisotopic (exact) mass is 275 g/mol. The zero-order valence-electron chi connectivity index (χ0n) is 12.4. The Balaban J connectivity index is 1.49. The van der Waals surface area contributed by atoms with Gasteiger partial charge in [-0.05, 0) is 37.4 Å². The lowest BCUT2D eigenvalue weighted by atomic mass is 10.2. The molecule has 2 fully saturated rings. The zero-order chi connectivity index (χ0) is 13.8. The van der Waals surface area contributed by atoms with Crippen LogP contribution in [0.4, 0.5) is 5.82 Å². The molecule has 1 saturated carbocycles. The third kappa shape index (κ3) is 3.67. The van der Waals surface area contributed by atoms with Crippen molar-refractivity contribution < 1.29 is 0 Å². The Hall–Kier alpha value is -1.20. The summed E-state index contributed by atoms with van der Waals surface area (Å²) in [6.07, 6.45) is 2.89. The fourth-order valence-electron chi connectivity index (χ4n) is 2.69. The third-order valence-electron chi connectivity index (χ3n) is 4.17. The Bertz CT molecular complexity index is 407. The topological polar surface area (TPSA) is 44.3 Å². The van der Waals surface area contributed by atoms with Crippen LogP contribution in [0.25, 0.3) is 0 Å². The first-order valence-corrected chi connectivity index (χ1v) is 7.86. The van der Waals surface area contributed by atoms with E-state index in [0.717, 1.165) is 56.7 Å². The fourth-order valence-corrected chi connectivity index (χ4v) is 2.69. The molecule has 5 nitrogen and oxygen atoms in total. The molecule has 1 aromatic heterocycles. The van der Waals surface area contributed by atoms with Gasteiger partial charge in [-0.3, -0.25) is 4.90 Å². The summed E-state index contributed by atoms with van der Waals surface area (Å²) in [5, 5.41) is 11.9. The Morgan fingerprint density at radius 2 is 1.95 bits per heavy atom. The quantitative estimate of drug-likeness (QED) is 0.843. The highest BCUT2D eigenvalue weighted by molar-refractivity contribution is 5.37. The van der Waals surface area contributed by atoms with Crippen molar-refractivity contribution in [3.63, 3.8) is 0 Å². The maximum atomic E-state index is 4.37. The Morgan fingerprint density at radius 3 is 2.55 bits per heavy atom. The molecular formula is C15H25N5. The molecule has 1 saturated heterocycles. The molecule has 0 spiro atoms. The summed E-state index contributed by atoms with van der Waals surface area (Å²) in [5.41, 5.74) is 1.02. The largest absolute Gasteiger partial charge is 0.353 e. The van der Waals surface area contributed by atoms with Gasteiger partial charge in [0.15, 0.2) is 5.82 Å². The van der Waals surface area contributed by atoms with Gasteiger partial charge in [-0.2, -0.15) is 5.10 Å². The molecule has 1 aromatic rings. The van der Waals surface area contributed by atoms with Crippen molar-refractivity contribution in [2.45, 2.75) is 26.3 Å². The lowest BCUT2D eigenvalue weighted by Crippen LogP contribution is -2.47. The van der Waals surface area contributed by atoms with Gasteiger partial charge in [0, 0.05) is 39.3 Å². The van der Waals surface area contributed by atoms with Crippen molar-refractivity contribution >= 4 is 5.82 Å². The second-order valence-corrected chi connectivity index (χ2v) is 5.89. The van der Waals surface area contributed by atoms with Gasteiger partial charge in [0.05, 0.1) is 5.69 Å². The van der Waals surface area contributed by atoms with Crippen LogP contribution in [0.5, 0.6) is 0 Å². The standard InChI is InChI=1S/C15H25N5/c1-2-16-11-14-5-6-15(18-17-14)20-9-7-19(8-10-20)12-13-3-4-13/h5-6,13,16H,2-4,7-12H2,1H3. The first-order valence-electron chi connectivity index (χ1n) is 7.86. The van der Waals surface area contributed by atoms with Crippen LogP contribution in [0.3, 0.4) is 0 Å². The zero-order valence-corrected chi connectivity index (χ0v) is 12.4. The highest BCUT2D eigenvalue weighted by atomic mass is 15.3. The molecule has 1 aliphatic heterocycles. The van der Waals surface area contributed by atoms with Crippen LogP contribution < -0.4 is 10.2 Å². The molecule has 0 unspecified atom stereocenters. The second-order valence-electron chi connectivity index (χ2n) is 5.89. The first kappa shape index (κ1) is 13.8. The molecule has 2 heterocycles. The molecule has 20 heavy (non-hydrogen) atoms. The highest BCUT2D eigenvalue weighted by Crippen LogP contribution is 2.30. The van der Waals surface area contributed by atoms with E-state index in [1.807, 2.05) is 0 Å². The summed E-state index contributed by atoms with van der Waals surface area (Å²) in [7, 11) is 0. The minimum atomic E-state index is 0.805. The molecule has 1 N–H and O–H groups in total. The summed E-state index contributed by atoms with van der Waals surface area (Å²) in [4.78, 5) is 4.95. The summed E-state index contributed by atoms with van der Waals surface area (Å²) in [5.74, 6) is 2.02. The molecular weight excluding hydrogens is 250 g/mol. The van der Waals surface area contributed by atoms with Crippen LogP contribution in [0.15, 0.2) is 12.1 Å². The van der Waals surface area contributed by atoms with Gasteiger partial charge < -0.3 is 10.2 Å². The van der Waals surface area contributed by atoms with E-state index in [0.29, 0.717) is 0 Å². The van der Waals surface area contributed by atoms with Gasteiger partial charge in [-0.15, -0.1) is 5.10 Å². The third-order valence-corrected chi connectivity index (χ3v) is 4.17. The molecule has 0 aromatic carbocycles. The predicted molar refractivity (Wildman–Crippen MR) is 80.8 cm³/mol. The van der Waals surface area contributed by atoms with Gasteiger partial charge in [0.1, 0.15) is 0 Å². The van der Waals surface area contributed by atoms with Crippen LogP contribution in [-0.4, -0.2) is 54.4 Å². The number of anilines is 1. The highest BCUT2D eigenvalue weighted by Gasteiger charge is 2.26. The maximum absolute atomic E-state index is 4.37. The molecule has 0 radical (unpaired) electrons. The van der Waals surface area contributed by atoms with Crippen molar-refractivity contribution in [1.29, 1.82) is 0 Å². The van der Waals surface area contributed by atoms with Gasteiger partial charge in [0.2, 0.25) is 0 Å². The van der Waals surface area contributed by atoms with E-state index < -0.39 is 0 Å². The van der Waals surface area contributed by atoms with Crippen molar-refractivity contribution in [1.82, 2.24) is 20.4 Å². The number of aromatic nitrogens is 2. The summed E-state index contributed by atoms with van der Waals surface area (Å²) in [6.45, 7) is 9.66. The van der Waals surface area contributed by atoms with Crippen LogP contribution >= 0.6 is 0 Å². The molecule has 3 rings (SSSR count). The van der Waals surface area contributed by atoms with E-state index >= 15 is 0 Å². The normalized spacial score (nSPS) is 20.4. The van der Waals surface area contributed by atoms with Crippen molar-refractivity contribution in [3.8, 4) is 0 Å². The minimum Gasteiger partial charge on any atom is -0.353 e. The van der Waals surface area contributed by atoms with E-state index in [-0.39, 0.29) is 0 Å². The van der Waals surface area contributed by atoms with Crippen molar-refractivity contribution in [2.75, 3.05) is 44.2 Å². The number of nitrogens with one attached hydrogen (secondary N) is 1. The maximum Gasteiger partial charge on any atom is 0.151 e.